The predicted octanol–water partition coefficient (Wildman–Crippen LogP) is 2.44. The summed E-state index contributed by atoms with van der Waals surface area (Å²) in [6, 6.07) is 1.00. The minimum Gasteiger partial charge on any atom is -0.338 e. The fourth-order valence-corrected chi connectivity index (χ4v) is 5.11. The first-order valence-corrected chi connectivity index (χ1v) is 8.54. The summed E-state index contributed by atoms with van der Waals surface area (Å²) in [6.07, 6.45) is 8.38. The van der Waals surface area contributed by atoms with Crippen LogP contribution in [0.3, 0.4) is 0 Å². The van der Waals surface area contributed by atoms with E-state index < -0.39 is 0 Å². The molecule has 1 aliphatic carbocycles. The molecule has 0 spiro atoms. The van der Waals surface area contributed by atoms with E-state index in [1.165, 1.54) is 38.5 Å². The van der Waals surface area contributed by atoms with E-state index in [2.05, 4.69) is 22.0 Å². The molecule has 0 radical (unpaired) electrons. The molecule has 3 atom stereocenters. The molecule has 2 saturated heterocycles. The molecule has 1 saturated carbocycles. The Morgan fingerprint density at radius 2 is 2.05 bits per heavy atom. The summed E-state index contributed by atoms with van der Waals surface area (Å²) in [5.74, 6) is 1.55. The van der Waals surface area contributed by atoms with Crippen LogP contribution in [-0.4, -0.2) is 47.0 Å². The van der Waals surface area contributed by atoms with Crippen LogP contribution >= 0.6 is 24.2 Å². The first kappa shape index (κ1) is 15.5. The van der Waals surface area contributed by atoms with Gasteiger partial charge in [-0.05, 0) is 32.2 Å². The van der Waals surface area contributed by atoms with Crippen molar-refractivity contribution in [3.8, 4) is 0 Å². The minimum atomic E-state index is 0. The van der Waals surface area contributed by atoms with Crippen LogP contribution in [0.5, 0.6) is 0 Å². The quantitative estimate of drug-likeness (QED) is 0.850. The van der Waals surface area contributed by atoms with E-state index in [9.17, 15) is 4.79 Å². The highest BCUT2D eigenvalue weighted by atomic mass is 35.5. The zero-order valence-corrected chi connectivity index (χ0v) is 13.1. The number of halogens is 1. The summed E-state index contributed by atoms with van der Waals surface area (Å²) in [5, 5.41) is 4.18. The molecule has 0 bridgehead atoms. The number of carbonyl (C=O) groups is 1. The number of hydrogen-bond acceptors (Lipinski definition) is 3. The average molecular weight is 305 g/mol. The number of amides is 1. The Morgan fingerprint density at radius 1 is 1.21 bits per heavy atom. The highest BCUT2D eigenvalue weighted by molar-refractivity contribution is 8.00. The molecule has 0 aromatic rings. The van der Waals surface area contributed by atoms with Gasteiger partial charge < -0.3 is 10.2 Å². The fourth-order valence-electron chi connectivity index (χ4n) is 3.67. The molecule has 110 valence electrons. The highest BCUT2D eigenvalue weighted by Crippen LogP contribution is 2.35. The third-order valence-corrected chi connectivity index (χ3v) is 6.03. The standard InChI is InChI=1S/C14H24N2OS.ClH/c17-14(10-11-4-3-7-15-11)16-8-9-18-13-6-2-1-5-12(13)16;/h11-13,15H,1-10H2;1H. The van der Waals surface area contributed by atoms with Gasteiger partial charge in [0.15, 0.2) is 0 Å². The van der Waals surface area contributed by atoms with Gasteiger partial charge in [-0.1, -0.05) is 12.8 Å². The van der Waals surface area contributed by atoms with Gasteiger partial charge in [-0.3, -0.25) is 4.79 Å². The van der Waals surface area contributed by atoms with Gasteiger partial charge in [-0.2, -0.15) is 11.8 Å². The van der Waals surface area contributed by atoms with Crippen molar-refractivity contribution in [3.63, 3.8) is 0 Å². The lowest BCUT2D eigenvalue weighted by Crippen LogP contribution is -2.52. The molecule has 3 nitrogen and oxygen atoms in total. The van der Waals surface area contributed by atoms with Gasteiger partial charge >= 0.3 is 0 Å². The average Bonchev–Trinajstić information content (AvgIpc) is 2.91. The van der Waals surface area contributed by atoms with E-state index in [4.69, 9.17) is 0 Å². The normalized spacial score (nSPS) is 34.5. The Morgan fingerprint density at radius 3 is 2.84 bits per heavy atom. The molecule has 19 heavy (non-hydrogen) atoms. The monoisotopic (exact) mass is 304 g/mol. The summed E-state index contributed by atoms with van der Waals surface area (Å²) < 4.78 is 0. The minimum absolute atomic E-state index is 0. The van der Waals surface area contributed by atoms with Crippen molar-refractivity contribution in [3.05, 3.63) is 0 Å². The van der Waals surface area contributed by atoms with Crippen LogP contribution in [0.25, 0.3) is 0 Å². The number of nitrogens with one attached hydrogen (secondary N) is 1. The molecule has 2 heterocycles. The first-order valence-electron chi connectivity index (χ1n) is 7.49. The molecule has 0 aromatic heterocycles. The molecule has 3 rings (SSSR count). The van der Waals surface area contributed by atoms with Gasteiger partial charge in [0, 0.05) is 36.1 Å². The van der Waals surface area contributed by atoms with Crippen molar-refractivity contribution >= 4 is 30.1 Å². The molecule has 2 aliphatic heterocycles. The van der Waals surface area contributed by atoms with Crippen molar-refractivity contribution in [2.75, 3.05) is 18.8 Å². The summed E-state index contributed by atoms with van der Waals surface area (Å²) in [4.78, 5) is 14.7. The number of fused-ring (bicyclic) bond motifs is 1. The van der Waals surface area contributed by atoms with E-state index in [1.807, 2.05) is 0 Å². The maximum absolute atomic E-state index is 12.5. The second-order valence-electron chi connectivity index (χ2n) is 5.85. The molecule has 1 amide bonds. The van der Waals surface area contributed by atoms with E-state index in [1.54, 1.807) is 0 Å². The Bertz CT molecular complexity index is 308. The zero-order chi connectivity index (χ0) is 12.4. The molecule has 5 heteroatoms. The van der Waals surface area contributed by atoms with Crippen LogP contribution in [0, 0.1) is 0 Å². The number of nitrogens with zero attached hydrogens (tertiary/aromatic N) is 1. The van der Waals surface area contributed by atoms with Crippen molar-refractivity contribution < 1.29 is 4.79 Å². The Balaban J connectivity index is 0.00000133. The van der Waals surface area contributed by atoms with Crippen LogP contribution < -0.4 is 5.32 Å². The second kappa shape index (κ2) is 7.19. The van der Waals surface area contributed by atoms with Crippen LogP contribution in [-0.2, 0) is 4.79 Å². The third kappa shape index (κ3) is 3.59. The highest BCUT2D eigenvalue weighted by Gasteiger charge is 2.36. The largest absolute Gasteiger partial charge is 0.338 e. The van der Waals surface area contributed by atoms with E-state index in [0.717, 1.165) is 30.5 Å². The van der Waals surface area contributed by atoms with E-state index in [-0.39, 0.29) is 12.4 Å². The lowest BCUT2D eigenvalue weighted by Gasteiger charge is -2.44. The van der Waals surface area contributed by atoms with Crippen LogP contribution in [0.2, 0.25) is 0 Å². The Hall–Kier alpha value is 0.0700. The summed E-state index contributed by atoms with van der Waals surface area (Å²) >= 11 is 2.10. The molecule has 3 aliphatic rings. The van der Waals surface area contributed by atoms with Gasteiger partial charge in [-0.25, -0.2) is 0 Å². The van der Waals surface area contributed by atoms with Crippen molar-refractivity contribution in [1.82, 2.24) is 10.2 Å². The molecule has 0 aromatic carbocycles. The second-order valence-corrected chi connectivity index (χ2v) is 7.19. The molecule has 3 fully saturated rings. The van der Waals surface area contributed by atoms with Crippen LogP contribution in [0.1, 0.15) is 44.9 Å². The fraction of sp³-hybridized carbons (Fsp3) is 0.929. The van der Waals surface area contributed by atoms with Crippen molar-refractivity contribution in [2.24, 2.45) is 0 Å². The van der Waals surface area contributed by atoms with E-state index in [0.29, 0.717) is 18.0 Å². The Kier molecular flexibility index (Phi) is 5.85. The van der Waals surface area contributed by atoms with Crippen molar-refractivity contribution in [1.29, 1.82) is 0 Å². The first-order chi connectivity index (χ1) is 8.84. The molecule has 1 N–H and O–H groups in total. The van der Waals surface area contributed by atoms with Crippen LogP contribution in [0.4, 0.5) is 0 Å². The summed E-state index contributed by atoms with van der Waals surface area (Å²) in [7, 11) is 0. The number of rotatable bonds is 2. The summed E-state index contributed by atoms with van der Waals surface area (Å²) in [5.41, 5.74) is 0. The van der Waals surface area contributed by atoms with E-state index >= 15 is 0 Å². The van der Waals surface area contributed by atoms with Gasteiger partial charge in [0.2, 0.25) is 5.91 Å². The van der Waals surface area contributed by atoms with Gasteiger partial charge in [0.25, 0.3) is 0 Å². The number of carbonyl (C=O) groups excluding carboxylic acids is 1. The zero-order valence-electron chi connectivity index (χ0n) is 11.5. The molecule has 3 unspecified atom stereocenters. The predicted molar refractivity (Wildman–Crippen MR) is 83.1 cm³/mol. The third-order valence-electron chi connectivity index (χ3n) is 4.64. The molecular formula is C14H25ClN2OS. The molecular weight excluding hydrogens is 280 g/mol. The maximum Gasteiger partial charge on any atom is 0.224 e. The SMILES string of the molecule is Cl.O=C(CC1CCCN1)N1CCSC2CCCCC21. The number of thioether (sulfide) groups is 1. The topological polar surface area (TPSA) is 32.3 Å². The van der Waals surface area contributed by atoms with Gasteiger partial charge in [0.05, 0.1) is 0 Å². The lowest BCUT2D eigenvalue weighted by atomic mass is 9.93. The maximum atomic E-state index is 12.5. The van der Waals surface area contributed by atoms with Gasteiger partial charge in [-0.15, -0.1) is 12.4 Å². The van der Waals surface area contributed by atoms with Gasteiger partial charge in [0.1, 0.15) is 0 Å². The van der Waals surface area contributed by atoms with Crippen LogP contribution in [0.15, 0.2) is 0 Å². The lowest BCUT2D eigenvalue weighted by molar-refractivity contribution is -0.134. The van der Waals surface area contributed by atoms with Crippen molar-refractivity contribution in [2.45, 2.75) is 62.3 Å². The smallest absolute Gasteiger partial charge is 0.224 e. The Labute approximate surface area is 126 Å². The summed E-state index contributed by atoms with van der Waals surface area (Å²) in [6.45, 7) is 2.08. The number of hydrogen-bond donors (Lipinski definition) is 1.